The number of fused-ring (bicyclic) bond motifs is 1. The first-order valence-electron chi connectivity index (χ1n) is 9.00. The van der Waals surface area contributed by atoms with Crippen molar-refractivity contribution in [1.29, 1.82) is 5.26 Å². The molecule has 1 aliphatic heterocycles. The number of ether oxygens (including phenoxy) is 1. The molecule has 0 aliphatic carbocycles. The van der Waals surface area contributed by atoms with Crippen molar-refractivity contribution < 1.29 is 27.8 Å². The molecule has 0 radical (unpaired) electrons. The Morgan fingerprint density at radius 2 is 1.90 bits per heavy atom. The summed E-state index contributed by atoms with van der Waals surface area (Å²) in [6, 6.07) is 12.0. The number of thiazole rings is 1. The fourth-order valence-electron chi connectivity index (χ4n) is 2.70. The first kappa shape index (κ1) is 22.4. The molecule has 0 bridgehead atoms. The van der Waals surface area contributed by atoms with Gasteiger partial charge < -0.3 is 14.7 Å². The minimum Gasteiger partial charge on any atom is -0.475 e. The van der Waals surface area contributed by atoms with E-state index in [0.717, 1.165) is 28.3 Å². The average Bonchev–Trinajstić information content (AvgIpc) is 3.19. The third-order valence-corrected chi connectivity index (χ3v) is 5.28. The van der Waals surface area contributed by atoms with Gasteiger partial charge >= 0.3 is 12.1 Å². The van der Waals surface area contributed by atoms with Gasteiger partial charge in [-0.25, -0.2) is 19.7 Å². The van der Waals surface area contributed by atoms with Crippen molar-refractivity contribution >= 4 is 33.5 Å². The fourth-order valence-corrected chi connectivity index (χ4v) is 3.73. The van der Waals surface area contributed by atoms with Gasteiger partial charge in [-0.3, -0.25) is 0 Å². The number of halogens is 3. The molecule has 162 valence electrons. The predicted octanol–water partition coefficient (Wildman–Crippen LogP) is 3.21. The number of hydrogen-bond donors (Lipinski definition) is 1. The average molecular weight is 451 g/mol. The largest absolute Gasteiger partial charge is 0.490 e. The van der Waals surface area contributed by atoms with Crippen molar-refractivity contribution in [3.63, 3.8) is 0 Å². The number of carboxylic acid groups (broad SMARTS) is 1. The molecule has 12 heteroatoms. The van der Waals surface area contributed by atoms with Gasteiger partial charge in [0.1, 0.15) is 10.9 Å². The fraction of sp³-hybridized carbons (Fsp3) is 0.316. The van der Waals surface area contributed by atoms with Crippen LogP contribution in [-0.2, 0) is 9.53 Å². The van der Waals surface area contributed by atoms with Gasteiger partial charge in [0, 0.05) is 19.3 Å². The zero-order valence-corrected chi connectivity index (χ0v) is 16.7. The summed E-state index contributed by atoms with van der Waals surface area (Å²) in [5.74, 6) is -2.59. The highest BCUT2D eigenvalue weighted by atomic mass is 32.1. The molecule has 0 amide bonds. The molecule has 1 atom stereocenters. The smallest absolute Gasteiger partial charge is 0.475 e. The second-order valence-electron chi connectivity index (χ2n) is 6.27. The zero-order chi connectivity index (χ0) is 22.4. The van der Waals surface area contributed by atoms with E-state index < -0.39 is 18.1 Å². The van der Waals surface area contributed by atoms with Gasteiger partial charge in [-0.15, -0.1) is 11.3 Å². The molecule has 3 heterocycles. The van der Waals surface area contributed by atoms with Gasteiger partial charge in [-0.05, 0) is 18.2 Å². The minimum absolute atomic E-state index is 0.481. The topological polar surface area (TPSA) is 112 Å². The van der Waals surface area contributed by atoms with E-state index in [9.17, 15) is 18.4 Å². The van der Waals surface area contributed by atoms with Crippen LogP contribution >= 0.6 is 11.3 Å². The minimum atomic E-state index is -5.08. The second-order valence-corrected chi connectivity index (χ2v) is 7.33. The molecule has 8 nitrogen and oxygen atoms in total. The van der Waals surface area contributed by atoms with E-state index in [1.807, 2.05) is 24.3 Å². The highest BCUT2D eigenvalue weighted by Crippen LogP contribution is 2.31. The summed E-state index contributed by atoms with van der Waals surface area (Å²) in [7, 11) is 0. The number of aromatic nitrogens is 3. The van der Waals surface area contributed by atoms with Crippen molar-refractivity contribution in [1.82, 2.24) is 15.0 Å². The number of nitriles is 1. The number of carboxylic acids is 1. The van der Waals surface area contributed by atoms with Crippen molar-refractivity contribution in [2.75, 3.05) is 31.2 Å². The molecule has 31 heavy (non-hydrogen) atoms. The summed E-state index contributed by atoms with van der Waals surface area (Å²) in [4.78, 5) is 24.6. The van der Waals surface area contributed by atoms with Crippen molar-refractivity contribution in [2.45, 2.75) is 12.1 Å². The summed E-state index contributed by atoms with van der Waals surface area (Å²) in [6.45, 7) is 2.88. The van der Waals surface area contributed by atoms with E-state index in [0.29, 0.717) is 24.9 Å². The number of benzene rings is 1. The van der Waals surface area contributed by atoms with E-state index >= 15 is 0 Å². The Morgan fingerprint density at radius 3 is 2.52 bits per heavy atom. The van der Waals surface area contributed by atoms with Crippen LogP contribution in [0.4, 0.5) is 19.1 Å². The number of aliphatic carboxylic acids is 1. The Hall–Kier alpha value is -3.30. The van der Waals surface area contributed by atoms with Crippen LogP contribution in [0.25, 0.3) is 10.2 Å². The molecule has 1 N–H and O–H groups in total. The maximum absolute atomic E-state index is 10.6. The lowest BCUT2D eigenvalue weighted by molar-refractivity contribution is -0.192. The Morgan fingerprint density at radius 1 is 1.23 bits per heavy atom. The Labute approximate surface area is 178 Å². The van der Waals surface area contributed by atoms with E-state index in [1.54, 1.807) is 12.3 Å². The zero-order valence-electron chi connectivity index (χ0n) is 15.9. The number of morpholine rings is 1. The Balaban J connectivity index is 0.000000339. The molecular weight excluding hydrogens is 435 g/mol. The van der Waals surface area contributed by atoms with E-state index in [1.165, 1.54) is 11.3 Å². The molecule has 1 unspecified atom stereocenters. The lowest BCUT2D eigenvalue weighted by atomic mass is 10.1. The van der Waals surface area contributed by atoms with Gasteiger partial charge in [-0.1, -0.05) is 12.1 Å². The third kappa shape index (κ3) is 5.65. The summed E-state index contributed by atoms with van der Waals surface area (Å²) in [5.41, 5.74) is 1.60. The maximum Gasteiger partial charge on any atom is 0.490 e. The number of para-hydroxylation sites is 1. The maximum atomic E-state index is 10.6. The molecule has 1 aromatic carbocycles. The normalized spacial score (nSPS) is 15.0. The molecule has 1 fully saturated rings. The molecule has 1 saturated heterocycles. The molecule has 3 aromatic rings. The van der Waals surface area contributed by atoms with Crippen LogP contribution in [0.15, 0.2) is 36.5 Å². The number of carbonyl (C=O) groups is 1. The second kappa shape index (κ2) is 9.67. The van der Waals surface area contributed by atoms with Crippen LogP contribution < -0.4 is 4.90 Å². The van der Waals surface area contributed by atoms with Gasteiger partial charge in [0.25, 0.3) is 0 Å². The van der Waals surface area contributed by atoms with Crippen LogP contribution in [0.2, 0.25) is 0 Å². The SMILES string of the molecule is N#CC(c1ccnc(N2CCOCC2)n1)c1nc2ccccc2s1.O=C(O)C(F)(F)F. The van der Waals surface area contributed by atoms with Crippen LogP contribution in [0, 0.1) is 11.3 Å². The quantitative estimate of drug-likeness (QED) is 0.646. The highest BCUT2D eigenvalue weighted by molar-refractivity contribution is 7.18. The van der Waals surface area contributed by atoms with E-state index in [4.69, 9.17) is 14.6 Å². The van der Waals surface area contributed by atoms with Gasteiger partial charge in [0.2, 0.25) is 5.95 Å². The number of hydrogen-bond acceptors (Lipinski definition) is 8. The summed E-state index contributed by atoms with van der Waals surface area (Å²) >= 11 is 1.54. The standard InChI is InChI=1S/C17H15N5OS.C2HF3O2/c18-11-12(16-20-14-3-1-2-4-15(14)24-16)13-5-6-19-17(21-13)22-7-9-23-10-8-22;3-2(4,5)1(6)7/h1-6,12H,7-10H2;(H,6,7). The predicted molar refractivity (Wildman–Crippen MR) is 106 cm³/mol. The number of rotatable bonds is 3. The summed E-state index contributed by atoms with van der Waals surface area (Å²) in [6.07, 6.45) is -3.37. The van der Waals surface area contributed by atoms with E-state index in [2.05, 4.69) is 25.9 Å². The Bertz CT molecular complexity index is 1060. The number of nitrogens with zero attached hydrogens (tertiary/aromatic N) is 5. The Kier molecular flexibility index (Phi) is 6.98. The van der Waals surface area contributed by atoms with Crippen molar-refractivity contribution in [3.05, 3.63) is 47.2 Å². The summed E-state index contributed by atoms with van der Waals surface area (Å²) < 4.78 is 38.2. The summed E-state index contributed by atoms with van der Waals surface area (Å²) in [5, 5.41) is 17.6. The van der Waals surface area contributed by atoms with Crippen LogP contribution in [0.1, 0.15) is 16.6 Å². The van der Waals surface area contributed by atoms with Crippen LogP contribution in [0.5, 0.6) is 0 Å². The molecule has 4 rings (SSSR count). The van der Waals surface area contributed by atoms with Crippen molar-refractivity contribution in [3.8, 4) is 6.07 Å². The first-order valence-corrected chi connectivity index (χ1v) is 9.82. The van der Waals surface area contributed by atoms with Gasteiger partial charge in [0.15, 0.2) is 0 Å². The molecule has 0 saturated carbocycles. The third-order valence-electron chi connectivity index (χ3n) is 4.18. The monoisotopic (exact) mass is 451 g/mol. The van der Waals surface area contributed by atoms with Gasteiger partial charge in [-0.2, -0.15) is 18.4 Å². The molecule has 2 aromatic heterocycles. The van der Waals surface area contributed by atoms with Crippen LogP contribution in [0.3, 0.4) is 0 Å². The van der Waals surface area contributed by atoms with Gasteiger partial charge in [0.05, 0.1) is 35.2 Å². The molecule has 0 spiro atoms. The molecular formula is C19H16F3N5O3S. The molecule has 1 aliphatic rings. The van der Waals surface area contributed by atoms with E-state index in [-0.39, 0.29) is 0 Å². The highest BCUT2D eigenvalue weighted by Gasteiger charge is 2.38. The van der Waals surface area contributed by atoms with Crippen LogP contribution in [-0.4, -0.2) is 58.5 Å². The van der Waals surface area contributed by atoms with Crippen molar-refractivity contribution in [2.24, 2.45) is 0 Å². The number of alkyl halides is 3. The number of anilines is 1. The lowest BCUT2D eigenvalue weighted by Gasteiger charge is -2.27. The first-order chi connectivity index (χ1) is 14.8. The lowest BCUT2D eigenvalue weighted by Crippen LogP contribution is -2.37.